The number of anilines is 1. The van der Waals surface area contributed by atoms with Gasteiger partial charge in [-0.15, -0.1) is 0 Å². The van der Waals surface area contributed by atoms with E-state index in [9.17, 15) is 18.0 Å². The zero-order valence-electron chi connectivity index (χ0n) is 12.3. The lowest BCUT2D eigenvalue weighted by atomic mass is 10.2. The minimum atomic E-state index is -4.40. The van der Waals surface area contributed by atoms with Crippen LogP contribution in [0.5, 0.6) is 0 Å². The number of alkyl halides is 3. The minimum absolute atomic E-state index is 0.288. The van der Waals surface area contributed by atoms with Gasteiger partial charge in [0, 0.05) is 18.0 Å². The van der Waals surface area contributed by atoms with Crippen LogP contribution in [0.25, 0.3) is 11.7 Å². The summed E-state index contributed by atoms with van der Waals surface area (Å²) in [6, 6.07) is 9.79. The highest BCUT2D eigenvalue weighted by molar-refractivity contribution is 6.01. The third-order valence-corrected chi connectivity index (χ3v) is 3.33. The van der Waals surface area contributed by atoms with Crippen molar-refractivity contribution in [3.63, 3.8) is 0 Å². The van der Waals surface area contributed by atoms with Crippen molar-refractivity contribution < 1.29 is 18.0 Å². The first-order chi connectivity index (χ1) is 11.4. The van der Waals surface area contributed by atoms with Crippen molar-refractivity contribution in [3.05, 3.63) is 72.2 Å². The van der Waals surface area contributed by atoms with Gasteiger partial charge >= 0.3 is 6.18 Å². The summed E-state index contributed by atoms with van der Waals surface area (Å²) in [6.07, 6.45) is 1.92. The fraction of sp³-hybridized carbons (Fsp3) is 0.0588. The van der Waals surface area contributed by atoms with Crippen LogP contribution in [0.3, 0.4) is 0 Å². The predicted molar refractivity (Wildman–Crippen MR) is 84.3 cm³/mol. The van der Waals surface area contributed by atoms with Gasteiger partial charge in [0.15, 0.2) is 0 Å². The van der Waals surface area contributed by atoms with Crippen LogP contribution in [0, 0.1) is 0 Å². The Kier molecular flexibility index (Phi) is 4.07. The lowest BCUT2D eigenvalue weighted by molar-refractivity contribution is -0.137. The maximum atomic E-state index is 12.5. The highest BCUT2D eigenvalue weighted by atomic mass is 19.4. The normalized spacial score (nSPS) is 12.0. The van der Waals surface area contributed by atoms with E-state index in [1.807, 2.05) is 28.8 Å². The lowest BCUT2D eigenvalue weighted by Gasteiger charge is -2.07. The smallest absolute Gasteiger partial charge is 0.323 e. The highest BCUT2D eigenvalue weighted by Gasteiger charge is 2.29. The third kappa shape index (κ3) is 3.45. The average Bonchev–Trinajstić information content (AvgIpc) is 2.96. The molecule has 4 nitrogen and oxygen atoms in total. The number of imidazole rings is 1. The molecule has 3 aromatic rings. The largest absolute Gasteiger partial charge is 0.416 e. The zero-order valence-corrected chi connectivity index (χ0v) is 12.3. The van der Waals surface area contributed by atoms with Crippen molar-refractivity contribution >= 4 is 23.3 Å². The van der Waals surface area contributed by atoms with E-state index < -0.39 is 17.6 Å². The van der Waals surface area contributed by atoms with E-state index >= 15 is 0 Å². The Labute approximate surface area is 135 Å². The molecule has 2 heterocycles. The highest BCUT2D eigenvalue weighted by Crippen LogP contribution is 2.29. The van der Waals surface area contributed by atoms with Crippen molar-refractivity contribution in [1.29, 1.82) is 0 Å². The summed E-state index contributed by atoms with van der Waals surface area (Å²) in [6.45, 7) is 0. The van der Waals surface area contributed by atoms with Crippen LogP contribution >= 0.6 is 0 Å². The van der Waals surface area contributed by atoms with Crippen molar-refractivity contribution in [2.75, 3.05) is 5.32 Å². The number of nitrogens with zero attached hydrogens (tertiary/aromatic N) is 2. The van der Waals surface area contributed by atoms with Gasteiger partial charge in [-0.2, -0.15) is 13.2 Å². The number of rotatable bonds is 3. The number of hydrogen-bond acceptors (Lipinski definition) is 2. The number of pyridine rings is 1. The Morgan fingerprint density at radius 1 is 1.12 bits per heavy atom. The van der Waals surface area contributed by atoms with Crippen LogP contribution in [0.1, 0.15) is 11.3 Å². The molecule has 0 radical (unpaired) electrons. The van der Waals surface area contributed by atoms with Crippen LogP contribution in [0.4, 0.5) is 18.9 Å². The van der Waals surface area contributed by atoms with E-state index in [-0.39, 0.29) is 5.69 Å². The van der Waals surface area contributed by atoms with Gasteiger partial charge < -0.3 is 9.72 Å². The first kappa shape index (κ1) is 15.8. The van der Waals surface area contributed by atoms with Crippen LogP contribution in [-0.2, 0) is 11.0 Å². The summed E-state index contributed by atoms with van der Waals surface area (Å²) in [4.78, 5) is 16.1. The summed E-state index contributed by atoms with van der Waals surface area (Å²) in [5.74, 6) is -0.444. The number of aromatic nitrogens is 2. The molecule has 0 saturated carbocycles. The third-order valence-electron chi connectivity index (χ3n) is 3.33. The van der Waals surface area contributed by atoms with Crippen molar-refractivity contribution in [3.8, 4) is 0 Å². The Hall–Kier alpha value is -3.09. The van der Waals surface area contributed by atoms with E-state index in [0.29, 0.717) is 5.69 Å². The molecule has 1 amide bonds. The fourth-order valence-corrected chi connectivity index (χ4v) is 2.16. The molecule has 122 valence electrons. The monoisotopic (exact) mass is 331 g/mol. The maximum absolute atomic E-state index is 12.5. The van der Waals surface area contributed by atoms with Gasteiger partial charge in [-0.25, -0.2) is 4.98 Å². The average molecular weight is 331 g/mol. The Morgan fingerprint density at radius 2 is 1.88 bits per heavy atom. The van der Waals surface area contributed by atoms with E-state index in [0.717, 1.165) is 17.8 Å². The number of halogens is 3. The number of benzene rings is 1. The van der Waals surface area contributed by atoms with Crippen LogP contribution < -0.4 is 5.32 Å². The Balaban J connectivity index is 1.69. The van der Waals surface area contributed by atoms with E-state index in [4.69, 9.17) is 0 Å². The number of carbonyl (C=O) groups is 1. The van der Waals surface area contributed by atoms with Crippen LogP contribution in [-0.4, -0.2) is 15.3 Å². The molecule has 24 heavy (non-hydrogen) atoms. The molecule has 0 aliphatic carbocycles. The molecule has 0 unspecified atom stereocenters. The first-order valence-corrected chi connectivity index (χ1v) is 7.02. The van der Waals surface area contributed by atoms with Crippen molar-refractivity contribution in [1.82, 2.24) is 9.38 Å². The second kappa shape index (κ2) is 6.19. The molecule has 0 aliphatic heterocycles. The molecule has 0 fully saturated rings. The van der Waals surface area contributed by atoms with Gasteiger partial charge in [0.1, 0.15) is 5.65 Å². The molecule has 0 aliphatic rings. The minimum Gasteiger partial charge on any atom is -0.323 e. The molecule has 0 saturated heterocycles. The van der Waals surface area contributed by atoms with Crippen LogP contribution in [0.15, 0.2) is 60.9 Å². The molecule has 0 spiro atoms. The Morgan fingerprint density at radius 3 is 2.58 bits per heavy atom. The summed E-state index contributed by atoms with van der Waals surface area (Å²) >= 11 is 0. The van der Waals surface area contributed by atoms with E-state index in [1.165, 1.54) is 18.2 Å². The number of carbonyl (C=O) groups excluding carboxylic acids is 1. The summed E-state index contributed by atoms with van der Waals surface area (Å²) in [5.41, 5.74) is 0.992. The fourth-order valence-electron chi connectivity index (χ4n) is 2.16. The molecular formula is C17H12F3N3O. The van der Waals surface area contributed by atoms with Gasteiger partial charge in [0.25, 0.3) is 0 Å². The van der Waals surface area contributed by atoms with Gasteiger partial charge in [-0.3, -0.25) is 4.79 Å². The molecule has 0 bridgehead atoms. The number of fused-ring (bicyclic) bond motifs is 1. The number of hydrogen-bond donors (Lipinski definition) is 1. The molecule has 3 rings (SSSR count). The first-order valence-electron chi connectivity index (χ1n) is 7.02. The molecule has 0 atom stereocenters. The molecular weight excluding hydrogens is 319 g/mol. The van der Waals surface area contributed by atoms with Crippen molar-refractivity contribution in [2.24, 2.45) is 0 Å². The van der Waals surface area contributed by atoms with Gasteiger partial charge in [0.2, 0.25) is 5.91 Å². The quantitative estimate of drug-likeness (QED) is 0.737. The Bertz CT molecular complexity index is 895. The van der Waals surface area contributed by atoms with Gasteiger partial charge in [-0.1, -0.05) is 6.07 Å². The topological polar surface area (TPSA) is 46.4 Å². The van der Waals surface area contributed by atoms with Crippen LogP contribution in [0.2, 0.25) is 0 Å². The van der Waals surface area contributed by atoms with E-state index in [2.05, 4.69) is 10.3 Å². The summed E-state index contributed by atoms with van der Waals surface area (Å²) < 4.78 is 39.3. The SMILES string of the molecule is O=C(/C=C/c1cnc2ccccn12)Nc1ccc(C(F)(F)F)cc1. The second-order valence-corrected chi connectivity index (χ2v) is 5.01. The molecule has 7 heteroatoms. The predicted octanol–water partition coefficient (Wildman–Crippen LogP) is 4.01. The summed E-state index contributed by atoms with van der Waals surface area (Å²) in [5, 5.41) is 2.51. The van der Waals surface area contributed by atoms with Gasteiger partial charge in [0.05, 0.1) is 17.5 Å². The molecule has 1 aromatic carbocycles. The molecule has 1 N–H and O–H groups in total. The maximum Gasteiger partial charge on any atom is 0.416 e. The second-order valence-electron chi connectivity index (χ2n) is 5.01. The standard InChI is InChI=1S/C17H12F3N3O/c18-17(19,20)12-4-6-13(7-5-12)22-16(24)9-8-14-11-21-15-3-1-2-10-23(14)15/h1-11H,(H,22,24)/b9-8+. The lowest BCUT2D eigenvalue weighted by Crippen LogP contribution is -2.09. The number of amides is 1. The number of nitrogens with one attached hydrogen (secondary N) is 1. The zero-order chi connectivity index (χ0) is 17.2. The van der Waals surface area contributed by atoms with Crippen molar-refractivity contribution in [2.45, 2.75) is 6.18 Å². The van der Waals surface area contributed by atoms with E-state index in [1.54, 1.807) is 12.3 Å². The summed E-state index contributed by atoms with van der Waals surface area (Å²) in [7, 11) is 0. The van der Waals surface area contributed by atoms with Gasteiger partial charge in [-0.05, 0) is 42.5 Å². The molecule has 2 aromatic heterocycles.